The number of aliphatic hydroxyl groups is 2. The van der Waals surface area contributed by atoms with Gasteiger partial charge < -0.3 is 31.2 Å². The lowest BCUT2D eigenvalue weighted by molar-refractivity contribution is 0.0515. The van der Waals surface area contributed by atoms with Crippen molar-refractivity contribution in [2.24, 2.45) is 11.5 Å². The topological polar surface area (TPSA) is 137 Å². The summed E-state index contributed by atoms with van der Waals surface area (Å²) in [6, 6.07) is 60.7. The van der Waals surface area contributed by atoms with Crippen molar-refractivity contribution >= 4 is 0 Å². The fraction of sp³-hybridized carbons (Fsp3) is 0.148. The quantitative estimate of drug-likeness (QED) is 0.0716. The van der Waals surface area contributed by atoms with Crippen LogP contribution in [0.15, 0.2) is 207 Å². The van der Waals surface area contributed by atoms with Crippen molar-refractivity contribution in [2.45, 2.75) is 49.3 Å². The molecule has 8 nitrogen and oxygen atoms in total. The van der Waals surface area contributed by atoms with Crippen molar-refractivity contribution < 1.29 is 19.7 Å². The lowest BCUT2D eigenvalue weighted by Gasteiger charge is -2.35. The van der Waals surface area contributed by atoms with Gasteiger partial charge in [-0.1, -0.05) is 146 Å². The summed E-state index contributed by atoms with van der Waals surface area (Å²) in [6.07, 6.45) is 4.45. The number of nitrogens with two attached hydrogens (primary N) is 2. The highest BCUT2D eigenvalue weighted by Crippen LogP contribution is 2.35. The Morgan fingerprint density at radius 1 is 0.403 bits per heavy atom. The Bertz CT molecular complexity index is 2360. The molecule has 0 amide bonds. The van der Waals surface area contributed by atoms with E-state index in [9.17, 15) is 10.2 Å². The van der Waals surface area contributed by atoms with E-state index in [1.54, 1.807) is 12.4 Å². The summed E-state index contributed by atoms with van der Waals surface area (Å²) < 4.78 is 12.4. The molecule has 0 unspecified atom stereocenters. The van der Waals surface area contributed by atoms with E-state index in [-0.39, 0.29) is 0 Å². The molecule has 6 N–H and O–H groups in total. The fourth-order valence-electron chi connectivity index (χ4n) is 7.95. The van der Waals surface area contributed by atoms with Crippen molar-refractivity contribution in [1.82, 2.24) is 9.97 Å². The fourth-order valence-corrected chi connectivity index (χ4v) is 7.95. The summed E-state index contributed by atoms with van der Waals surface area (Å²) in [5.74, 6) is 1.44. The number of benzene rings is 6. The summed E-state index contributed by atoms with van der Waals surface area (Å²) in [5, 5.41) is 24.1. The minimum atomic E-state index is -1.36. The Labute approximate surface area is 363 Å². The Hall–Kier alpha value is -6.94. The smallest absolute Gasteiger partial charge is 0.130 e. The van der Waals surface area contributed by atoms with Crippen molar-refractivity contribution in [2.75, 3.05) is 0 Å². The average Bonchev–Trinajstić information content (AvgIpc) is 3.34. The second kappa shape index (κ2) is 19.2. The zero-order chi connectivity index (χ0) is 42.8. The third kappa shape index (κ3) is 9.50. The molecule has 62 heavy (non-hydrogen) atoms. The third-order valence-corrected chi connectivity index (χ3v) is 11.4. The number of ether oxygens (including phenoxy) is 2. The molecular formula is C54H50N4O4. The van der Waals surface area contributed by atoms with E-state index in [0.717, 1.165) is 67.4 Å². The molecule has 8 heteroatoms. The monoisotopic (exact) mass is 818 g/mol. The largest absolute Gasteiger partial charge is 0.489 e. The number of hydrogen-bond acceptors (Lipinski definition) is 8. The maximum absolute atomic E-state index is 12.1. The Kier molecular flexibility index (Phi) is 12.9. The number of aromatic nitrogens is 2. The van der Waals surface area contributed by atoms with Gasteiger partial charge in [0, 0.05) is 24.5 Å². The van der Waals surface area contributed by atoms with Crippen molar-refractivity contribution in [3.63, 3.8) is 0 Å². The SMILES string of the molecule is N[C@@H](Cc1ccc(OCc2ccnc(-c3cc(COc4ccc(C[C@H](N)C(O)(c5ccccc5)c5ccccc5)cc4)ccn3)c2)cc1)C(O)(c1ccccc1)c1ccccc1. The van der Waals surface area contributed by atoms with Crippen LogP contribution in [-0.4, -0.2) is 32.3 Å². The zero-order valence-corrected chi connectivity index (χ0v) is 34.4. The molecule has 0 fully saturated rings. The first-order chi connectivity index (χ1) is 30.3. The molecule has 0 aliphatic rings. The minimum absolute atomic E-state index is 0.345. The van der Waals surface area contributed by atoms with Crippen LogP contribution in [0.2, 0.25) is 0 Å². The molecular weight excluding hydrogens is 769 g/mol. The first-order valence-corrected chi connectivity index (χ1v) is 20.8. The van der Waals surface area contributed by atoms with Crippen LogP contribution in [0, 0.1) is 0 Å². The van der Waals surface area contributed by atoms with E-state index in [1.165, 1.54) is 0 Å². The summed E-state index contributed by atoms with van der Waals surface area (Å²) in [5.41, 5.74) is 19.2. The zero-order valence-electron chi connectivity index (χ0n) is 34.4. The Morgan fingerprint density at radius 3 is 1.02 bits per heavy atom. The van der Waals surface area contributed by atoms with E-state index in [2.05, 4.69) is 9.97 Å². The van der Waals surface area contributed by atoms with Gasteiger partial charge in [0.05, 0.1) is 11.4 Å². The normalized spacial score (nSPS) is 12.6. The van der Waals surface area contributed by atoms with Gasteiger partial charge in [-0.2, -0.15) is 0 Å². The molecule has 0 bridgehead atoms. The lowest BCUT2D eigenvalue weighted by Crippen LogP contribution is -2.47. The third-order valence-electron chi connectivity index (χ3n) is 11.4. The molecule has 0 aliphatic carbocycles. The van der Waals surface area contributed by atoms with E-state index >= 15 is 0 Å². The van der Waals surface area contributed by atoms with Crippen LogP contribution in [0.3, 0.4) is 0 Å². The average molecular weight is 819 g/mol. The molecule has 2 aromatic heterocycles. The van der Waals surface area contributed by atoms with Gasteiger partial charge in [0.25, 0.3) is 0 Å². The molecule has 0 saturated carbocycles. The molecule has 0 saturated heterocycles. The molecule has 310 valence electrons. The highest BCUT2D eigenvalue weighted by molar-refractivity contribution is 5.55. The summed E-state index contributed by atoms with van der Waals surface area (Å²) >= 11 is 0. The van der Waals surface area contributed by atoms with E-state index in [1.807, 2.05) is 194 Å². The Balaban J connectivity index is 0.860. The summed E-state index contributed by atoms with van der Waals surface area (Å²) in [6.45, 7) is 0.690. The van der Waals surface area contributed by atoms with Crippen LogP contribution in [0.5, 0.6) is 11.5 Å². The number of rotatable bonds is 17. The van der Waals surface area contributed by atoms with E-state index in [4.69, 9.17) is 20.9 Å². The first kappa shape index (κ1) is 41.8. The second-order valence-corrected chi connectivity index (χ2v) is 15.6. The molecule has 0 radical (unpaired) electrons. The van der Waals surface area contributed by atoms with Gasteiger partial charge >= 0.3 is 0 Å². The second-order valence-electron chi connectivity index (χ2n) is 15.6. The molecule has 0 aliphatic heterocycles. The van der Waals surface area contributed by atoms with Crippen molar-refractivity contribution in [1.29, 1.82) is 0 Å². The molecule has 8 rings (SSSR count). The van der Waals surface area contributed by atoms with Crippen LogP contribution in [0.1, 0.15) is 44.5 Å². The predicted molar refractivity (Wildman–Crippen MR) is 244 cm³/mol. The van der Waals surface area contributed by atoms with Gasteiger partial charge in [-0.05, 0) is 106 Å². The lowest BCUT2D eigenvalue weighted by atomic mass is 9.78. The molecule has 6 aromatic carbocycles. The van der Waals surface area contributed by atoms with Gasteiger partial charge in [0.2, 0.25) is 0 Å². The van der Waals surface area contributed by atoms with Crippen molar-refractivity contribution in [3.8, 4) is 22.9 Å². The standard InChI is InChI=1S/C54H50N4O4/c55-51(53(59,43-13-5-1-6-14-43)44-15-7-2-8-16-44)35-39-21-25-47(26-22-39)61-37-41-29-31-57-49(33-41)50-34-42(30-32-58-50)38-62-48-27-23-40(24-28-48)36-52(56)54(60,45-17-9-3-10-18-45)46-19-11-4-12-20-46/h1-34,51-52,59-60H,35-38,55-56H2/t51-,52-/m0/s1. The molecule has 2 atom stereocenters. The first-order valence-electron chi connectivity index (χ1n) is 20.8. The van der Waals surface area contributed by atoms with E-state index < -0.39 is 23.3 Å². The van der Waals surface area contributed by atoms with Crippen LogP contribution in [0.4, 0.5) is 0 Å². The molecule has 2 heterocycles. The van der Waals surface area contributed by atoms with Gasteiger partial charge in [-0.25, -0.2) is 0 Å². The summed E-state index contributed by atoms with van der Waals surface area (Å²) in [4.78, 5) is 9.19. The minimum Gasteiger partial charge on any atom is -0.489 e. The van der Waals surface area contributed by atoms with Gasteiger partial charge in [-0.15, -0.1) is 0 Å². The van der Waals surface area contributed by atoms with Crippen molar-refractivity contribution in [3.05, 3.63) is 251 Å². The maximum atomic E-state index is 12.1. The highest BCUT2D eigenvalue weighted by atomic mass is 16.5. The van der Waals surface area contributed by atoms with Crippen LogP contribution in [0.25, 0.3) is 11.4 Å². The van der Waals surface area contributed by atoms with Crippen LogP contribution in [-0.2, 0) is 37.3 Å². The predicted octanol–water partition coefficient (Wildman–Crippen LogP) is 8.91. The van der Waals surface area contributed by atoms with Gasteiger partial charge in [0.15, 0.2) is 0 Å². The summed E-state index contributed by atoms with van der Waals surface area (Å²) in [7, 11) is 0. The van der Waals surface area contributed by atoms with Crippen LogP contribution >= 0.6 is 0 Å². The highest BCUT2D eigenvalue weighted by Gasteiger charge is 2.39. The number of hydrogen-bond donors (Lipinski definition) is 4. The molecule has 0 spiro atoms. The van der Waals surface area contributed by atoms with Gasteiger partial charge in [0.1, 0.15) is 35.9 Å². The maximum Gasteiger partial charge on any atom is 0.130 e. The number of nitrogens with zero attached hydrogens (tertiary/aromatic N) is 2. The Morgan fingerprint density at radius 2 is 0.710 bits per heavy atom. The van der Waals surface area contributed by atoms with E-state index in [0.29, 0.717) is 26.1 Å². The molecule has 8 aromatic rings. The number of pyridine rings is 2. The van der Waals surface area contributed by atoms with Gasteiger partial charge in [-0.3, -0.25) is 9.97 Å². The van der Waals surface area contributed by atoms with Crippen LogP contribution < -0.4 is 20.9 Å².